The maximum Gasteiger partial charge on any atom is 0.407 e. The van der Waals surface area contributed by atoms with Gasteiger partial charge in [0.05, 0.1) is 39.8 Å². The topological polar surface area (TPSA) is 200 Å². The van der Waals surface area contributed by atoms with Crippen molar-refractivity contribution >= 4 is 62.8 Å². The van der Waals surface area contributed by atoms with E-state index < -0.39 is 40.0 Å². The number of imidazole rings is 1. The number of alkyl carbamates (subject to hydrolysis) is 1. The highest BCUT2D eigenvalue weighted by atomic mass is 35.5. The lowest BCUT2D eigenvalue weighted by Crippen LogP contribution is -3.00. The zero-order chi connectivity index (χ0) is 37.3. The van der Waals surface area contributed by atoms with Crippen LogP contribution in [0.2, 0.25) is 0 Å². The van der Waals surface area contributed by atoms with Crippen LogP contribution < -0.4 is 22.3 Å². The number of nitrogens with one attached hydrogen (secondary N) is 1. The number of hydrogen-bond donors (Lipinski definition) is 2. The minimum atomic E-state index is -0.902. The average molecular weight is 787 g/mol. The Morgan fingerprint density at radius 3 is 2.19 bits per heavy atom. The zero-order valence-electron chi connectivity index (χ0n) is 28.7. The Labute approximate surface area is 317 Å². The number of rotatable bonds is 14. The Hall–Kier alpha value is -5.04. The van der Waals surface area contributed by atoms with Crippen molar-refractivity contribution in [3.63, 3.8) is 0 Å². The number of hydrogen-bond acceptors (Lipinski definition) is 12. The smallest absolute Gasteiger partial charge is 0.407 e. The standard InChI is InChI=1S/C34H34N6O10S2.ClH/c1-19-26(29(38-28(19)27(20(2)41)30(38)42)33(43)49-16-21-5-9-23(10-6-21)39(45)46)25-15-37-18-36(3)31(32(37)52-25)51-14-4-13-35-34(44)50-17-22-7-11-24(12-8-22)40(47)48;/h5-12,15,18-20,27-28,41H,4,13-14,16-17H2,1-3H3;1H/t19-,20+,27+,28+;/m0./s1. The van der Waals surface area contributed by atoms with Gasteiger partial charge < -0.3 is 37.2 Å². The van der Waals surface area contributed by atoms with E-state index in [0.29, 0.717) is 35.4 Å². The number of nitro benzene ring substituents is 2. The molecule has 4 heterocycles. The minimum Gasteiger partial charge on any atom is -1.00 e. The Kier molecular flexibility index (Phi) is 12.1. The van der Waals surface area contributed by atoms with Crippen LogP contribution in [0.25, 0.3) is 10.4 Å². The summed E-state index contributed by atoms with van der Waals surface area (Å²) in [4.78, 5) is 63.1. The van der Waals surface area contributed by atoms with Gasteiger partial charge in [0.25, 0.3) is 11.4 Å². The molecular formula is C34H35ClN6O10S2. The van der Waals surface area contributed by atoms with Crippen molar-refractivity contribution in [3.05, 3.63) is 103 Å². The van der Waals surface area contributed by atoms with E-state index in [2.05, 4.69) is 5.32 Å². The number of nitrogens with zero attached hydrogens (tertiary/aromatic N) is 5. The van der Waals surface area contributed by atoms with Gasteiger partial charge in [0.1, 0.15) is 25.1 Å². The number of non-ortho nitro benzene ring substituents is 2. The quantitative estimate of drug-likeness (QED) is 0.0356. The molecule has 0 aliphatic carbocycles. The van der Waals surface area contributed by atoms with Gasteiger partial charge in [0, 0.05) is 48.1 Å². The molecular weight excluding hydrogens is 752 g/mol. The van der Waals surface area contributed by atoms with Crippen LogP contribution in [-0.2, 0) is 39.3 Å². The number of aromatic nitrogens is 2. The van der Waals surface area contributed by atoms with Gasteiger partial charge in [0.2, 0.25) is 22.1 Å². The number of β-lactam (4-membered cyclic amide) rings is 1. The van der Waals surface area contributed by atoms with E-state index in [1.165, 1.54) is 64.8 Å². The molecule has 16 nitrogen and oxygen atoms in total. The van der Waals surface area contributed by atoms with Crippen molar-refractivity contribution in [1.82, 2.24) is 14.6 Å². The van der Waals surface area contributed by atoms with E-state index in [4.69, 9.17) is 9.47 Å². The van der Waals surface area contributed by atoms with E-state index in [-0.39, 0.29) is 54.5 Å². The third-order valence-corrected chi connectivity index (χ3v) is 11.5. The molecule has 19 heteroatoms. The Balaban J connectivity index is 0.00000541. The maximum atomic E-state index is 13.7. The highest BCUT2D eigenvalue weighted by Crippen LogP contribution is 2.52. The summed E-state index contributed by atoms with van der Waals surface area (Å²) in [6.07, 6.45) is 2.97. The first-order chi connectivity index (χ1) is 24.8. The van der Waals surface area contributed by atoms with Crippen molar-refractivity contribution in [2.24, 2.45) is 18.9 Å². The summed E-state index contributed by atoms with van der Waals surface area (Å²) in [5.74, 6) is -1.31. The second-order valence-electron chi connectivity index (χ2n) is 12.5. The first kappa shape index (κ1) is 39.2. The van der Waals surface area contributed by atoms with E-state index >= 15 is 0 Å². The van der Waals surface area contributed by atoms with Crippen molar-refractivity contribution in [3.8, 4) is 0 Å². The molecule has 2 aromatic heterocycles. The van der Waals surface area contributed by atoms with Crippen molar-refractivity contribution in [2.45, 2.75) is 50.7 Å². The molecule has 1 fully saturated rings. The van der Waals surface area contributed by atoms with Crippen LogP contribution in [0.4, 0.5) is 16.2 Å². The summed E-state index contributed by atoms with van der Waals surface area (Å²) >= 11 is 3.07. The fourth-order valence-corrected chi connectivity index (χ4v) is 8.91. The van der Waals surface area contributed by atoms with Gasteiger partial charge in [-0.3, -0.25) is 25.0 Å². The summed E-state index contributed by atoms with van der Waals surface area (Å²) in [7, 11) is 1.92. The zero-order valence-corrected chi connectivity index (χ0v) is 31.1. The van der Waals surface area contributed by atoms with Gasteiger partial charge in [0.15, 0.2) is 0 Å². The summed E-state index contributed by atoms with van der Waals surface area (Å²) in [6, 6.07) is 11.0. The van der Waals surface area contributed by atoms with Gasteiger partial charge in [-0.1, -0.05) is 30.0 Å². The van der Waals surface area contributed by atoms with E-state index in [1.807, 2.05) is 35.5 Å². The number of ether oxygens (including phenoxy) is 2. The molecule has 2 aliphatic heterocycles. The molecule has 1 saturated heterocycles. The molecule has 0 saturated carbocycles. The summed E-state index contributed by atoms with van der Waals surface area (Å²) in [5, 5.41) is 35.9. The number of esters is 1. The van der Waals surface area contributed by atoms with Crippen molar-refractivity contribution < 1.29 is 55.8 Å². The SMILES string of the molecule is C[C@@H](O)[C@H]1C(=O)N2C(C(=O)OCc3ccc([N+](=O)[O-])cc3)=C(c3cn4c[n+](C)c(SCCCNC(=O)OCc5ccc([N+](=O)[O-])cc5)c4s3)[C@H](C)[C@H]12.[Cl-]. The second kappa shape index (κ2) is 16.3. The molecule has 0 bridgehead atoms. The number of carbonyl (C=O) groups excluding carboxylic acids is 3. The fraction of sp³-hybridized carbons (Fsp3) is 0.353. The minimum absolute atomic E-state index is 0. The lowest BCUT2D eigenvalue weighted by atomic mass is 9.77. The number of thioether (sulfide) groups is 1. The largest absolute Gasteiger partial charge is 1.00 e. The van der Waals surface area contributed by atoms with E-state index in [1.54, 1.807) is 18.7 Å². The third-order valence-electron chi connectivity index (χ3n) is 8.99. The van der Waals surface area contributed by atoms with Crippen LogP contribution in [0.1, 0.15) is 36.3 Å². The number of aryl methyl sites for hydroxylation is 1. The first-order valence-electron chi connectivity index (χ1n) is 16.3. The normalized spacial score (nSPS) is 18.2. The van der Waals surface area contributed by atoms with E-state index in [9.17, 15) is 39.7 Å². The lowest BCUT2D eigenvalue weighted by molar-refractivity contribution is -0.705. The third kappa shape index (κ3) is 8.00. The molecule has 2 N–H and O–H groups in total. The van der Waals surface area contributed by atoms with Crippen LogP contribution >= 0.6 is 23.1 Å². The molecule has 2 aliphatic rings. The second-order valence-corrected chi connectivity index (χ2v) is 14.6. The highest BCUT2D eigenvalue weighted by molar-refractivity contribution is 7.99. The number of carbonyl (C=O) groups is 3. The molecule has 53 heavy (non-hydrogen) atoms. The predicted octanol–water partition coefficient (Wildman–Crippen LogP) is 1.37. The van der Waals surface area contributed by atoms with E-state index in [0.717, 1.165) is 14.7 Å². The average Bonchev–Trinajstić information content (AvgIpc) is 3.72. The highest BCUT2D eigenvalue weighted by Gasteiger charge is 2.60. The Morgan fingerprint density at radius 2 is 1.62 bits per heavy atom. The number of aliphatic hydroxyl groups is 1. The van der Waals surface area contributed by atoms with Gasteiger partial charge in [-0.2, -0.15) is 4.40 Å². The molecule has 0 unspecified atom stereocenters. The molecule has 6 rings (SSSR count). The molecule has 2 amide bonds. The van der Waals surface area contributed by atoms with Crippen LogP contribution in [0.3, 0.4) is 0 Å². The summed E-state index contributed by atoms with van der Waals surface area (Å²) in [5.41, 5.74) is 1.84. The predicted molar refractivity (Wildman–Crippen MR) is 188 cm³/mol. The Bertz CT molecular complexity index is 2080. The number of halogens is 1. The molecule has 280 valence electrons. The van der Waals surface area contributed by atoms with Crippen molar-refractivity contribution in [1.29, 1.82) is 0 Å². The molecule has 0 spiro atoms. The van der Waals surface area contributed by atoms with Gasteiger partial charge in [-0.25, -0.2) is 14.2 Å². The first-order valence-corrected chi connectivity index (χ1v) is 18.1. The number of benzene rings is 2. The number of thiazole rings is 1. The summed E-state index contributed by atoms with van der Waals surface area (Å²) in [6.45, 7) is 3.70. The van der Waals surface area contributed by atoms with Crippen LogP contribution in [0.5, 0.6) is 0 Å². The lowest BCUT2D eigenvalue weighted by Gasteiger charge is -2.46. The van der Waals surface area contributed by atoms with Gasteiger partial charge in [-0.05, 0) is 48.7 Å². The molecule has 0 radical (unpaired) electrons. The fourth-order valence-electron chi connectivity index (χ4n) is 6.45. The number of aliphatic hydroxyl groups excluding tert-OH is 1. The number of fused-ring (bicyclic) bond motifs is 2. The Morgan fingerprint density at radius 1 is 1.04 bits per heavy atom. The molecule has 4 atom stereocenters. The molecule has 4 aromatic rings. The number of nitro groups is 2. The van der Waals surface area contributed by atoms with Gasteiger partial charge in [-0.15, -0.1) is 0 Å². The maximum absolute atomic E-state index is 13.7. The monoisotopic (exact) mass is 786 g/mol. The summed E-state index contributed by atoms with van der Waals surface area (Å²) < 4.78 is 14.8. The molecule has 2 aromatic carbocycles. The van der Waals surface area contributed by atoms with Crippen molar-refractivity contribution in [2.75, 3.05) is 12.3 Å². The van der Waals surface area contributed by atoms with Crippen LogP contribution in [0, 0.1) is 32.1 Å². The van der Waals surface area contributed by atoms with Crippen LogP contribution in [-0.4, -0.2) is 66.7 Å². The van der Waals surface area contributed by atoms with Gasteiger partial charge >= 0.3 is 12.1 Å². The van der Waals surface area contributed by atoms with Crippen LogP contribution in [0.15, 0.2) is 71.8 Å². The number of amides is 2.